The van der Waals surface area contributed by atoms with Crippen molar-refractivity contribution in [3.05, 3.63) is 11.6 Å². The smallest absolute Gasteiger partial charge is 0.291 e. The Balaban J connectivity index is 1.80. The van der Waals surface area contributed by atoms with Crippen LogP contribution >= 0.6 is 0 Å². The van der Waals surface area contributed by atoms with Crippen LogP contribution in [0.2, 0.25) is 0 Å². The van der Waals surface area contributed by atoms with Crippen LogP contribution in [0.15, 0.2) is 0 Å². The van der Waals surface area contributed by atoms with Crippen molar-refractivity contribution < 1.29 is 9.59 Å². The molecule has 2 rings (SSSR count). The lowest BCUT2D eigenvalue weighted by Crippen LogP contribution is -2.38. The van der Waals surface area contributed by atoms with E-state index in [1.165, 1.54) is 25.7 Å². The van der Waals surface area contributed by atoms with E-state index < -0.39 is 0 Å². The minimum absolute atomic E-state index is 0.110. The Morgan fingerprint density at radius 2 is 1.83 bits per heavy atom. The van der Waals surface area contributed by atoms with Gasteiger partial charge in [0, 0.05) is 33.6 Å². The van der Waals surface area contributed by atoms with Crippen molar-refractivity contribution in [3.8, 4) is 0 Å². The monoisotopic (exact) mass is 335 g/mol. The van der Waals surface area contributed by atoms with E-state index in [1.54, 1.807) is 23.9 Å². The molecule has 7 heteroatoms. The van der Waals surface area contributed by atoms with Gasteiger partial charge in [0.05, 0.1) is 6.54 Å². The van der Waals surface area contributed by atoms with Gasteiger partial charge in [-0.3, -0.25) is 9.59 Å². The standard InChI is InChI=1S/C17H29N5O2/c1-4-5-6-7-8-9-10-15(23)21(3)13-14-18-19-16-17(24)20(2)11-12-22(14)16/h4-13H2,1-3H3. The Labute approximate surface area is 144 Å². The zero-order valence-electron chi connectivity index (χ0n) is 15.1. The van der Waals surface area contributed by atoms with Crippen molar-refractivity contribution in [1.29, 1.82) is 0 Å². The summed E-state index contributed by atoms with van der Waals surface area (Å²) in [5.41, 5.74) is 0. The average Bonchev–Trinajstić information content (AvgIpc) is 2.97. The Hall–Kier alpha value is -1.92. The maximum atomic E-state index is 12.2. The molecule has 7 nitrogen and oxygen atoms in total. The number of nitrogens with zero attached hydrogens (tertiary/aromatic N) is 5. The van der Waals surface area contributed by atoms with Crippen molar-refractivity contribution >= 4 is 11.8 Å². The number of amides is 2. The minimum Gasteiger partial charge on any atom is -0.338 e. The van der Waals surface area contributed by atoms with E-state index in [-0.39, 0.29) is 11.8 Å². The summed E-state index contributed by atoms with van der Waals surface area (Å²) < 4.78 is 1.83. The summed E-state index contributed by atoms with van der Waals surface area (Å²) in [6.45, 7) is 3.93. The van der Waals surface area contributed by atoms with Gasteiger partial charge in [-0.05, 0) is 6.42 Å². The van der Waals surface area contributed by atoms with Crippen molar-refractivity contribution in [2.45, 2.75) is 65.0 Å². The van der Waals surface area contributed by atoms with Crippen LogP contribution in [0.1, 0.15) is 68.3 Å². The molecule has 1 aromatic rings. The van der Waals surface area contributed by atoms with Crippen molar-refractivity contribution in [3.63, 3.8) is 0 Å². The van der Waals surface area contributed by atoms with Crippen LogP contribution in [0.3, 0.4) is 0 Å². The lowest BCUT2D eigenvalue weighted by atomic mass is 10.1. The maximum absolute atomic E-state index is 12.2. The van der Waals surface area contributed by atoms with Crippen molar-refractivity contribution in [2.75, 3.05) is 20.6 Å². The third kappa shape index (κ3) is 4.55. The Bertz CT molecular complexity index is 569. The predicted octanol–water partition coefficient (Wildman–Crippen LogP) is 2.07. The number of carbonyl (C=O) groups is 2. The number of likely N-dealkylation sites (N-methyl/N-ethyl adjacent to an activating group) is 1. The second kappa shape index (κ2) is 8.80. The molecule has 0 radical (unpaired) electrons. The zero-order valence-corrected chi connectivity index (χ0v) is 15.1. The highest BCUT2D eigenvalue weighted by Gasteiger charge is 2.27. The van der Waals surface area contributed by atoms with Crippen LogP contribution in [-0.4, -0.2) is 57.0 Å². The highest BCUT2D eigenvalue weighted by Crippen LogP contribution is 2.13. The molecule has 1 aliphatic rings. The molecule has 0 bridgehead atoms. The molecule has 2 heterocycles. The lowest BCUT2D eigenvalue weighted by Gasteiger charge is -2.24. The van der Waals surface area contributed by atoms with Crippen LogP contribution in [-0.2, 0) is 17.9 Å². The van der Waals surface area contributed by atoms with Crippen molar-refractivity contribution in [2.24, 2.45) is 0 Å². The molecule has 0 N–H and O–H groups in total. The summed E-state index contributed by atoms with van der Waals surface area (Å²) in [6, 6.07) is 0. The first-order valence-electron chi connectivity index (χ1n) is 8.96. The fourth-order valence-corrected chi connectivity index (χ4v) is 2.92. The first-order chi connectivity index (χ1) is 11.5. The summed E-state index contributed by atoms with van der Waals surface area (Å²) in [4.78, 5) is 27.6. The molecular weight excluding hydrogens is 306 g/mol. The van der Waals surface area contributed by atoms with Gasteiger partial charge >= 0.3 is 0 Å². The SMILES string of the molecule is CCCCCCCCC(=O)N(C)Cc1nnc2n1CCN(C)C2=O. The molecule has 0 saturated carbocycles. The molecule has 0 atom stereocenters. The minimum atomic E-state index is -0.110. The van der Waals surface area contributed by atoms with E-state index in [0.717, 1.165) is 12.8 Å². The van der Waals surface area contributed by atoms with Crippen LogP contribution < -0.4 is 0 Å². The fourth-order valence-electron chi connectivity index (χ4n) is 2.92. The number of rotatable bonds is 9. The van der Waals surface area contributed by atoms with Gasteiger partial charge in [-0.2, -0.15) is 0 Å². The number of aromatic nitrogens is 3. The number of carbonyl (C=O) groups excluding carboxylic acids is 2. The van der Waals surface area contributed by atoms with Gasteiger partial charge in [0.1, 0.15) is 0 Å². The van der Waals surface area contributed by atoms with Gasteiger partial charge in [0.2, 0.25) is 11.7 Å². The Morgan fingerprint density at radius 3 is 2.58 bits per heavy atom. The summed E-state index contributed by atoms with van der Waals surface area (Å²) in [7, 11) is 3.55. The van der Waals surface area contributed by atoms with Crippen LogP contribution in [0.25, 0.3) is 0 Å². The molecule has 0 unspecified atom stereocenters. The normalized spacial score (nSPS) is 14.0. The largest absolute Gasteiger partial charge is 0.338 e. The number of fused-ring (bicyclic) bond motifs is 1. The van der Waals surface area contributed by atoms with Crippen LogP contribution in [0.5, 0.6) is 0 Å². The second-order valence-electron chi connectivity index (χ2n) is 6.59. The summed E-state index contributed by atoms with van der Waals surface area (Å²) in [6.07, 6.45) is 7.61. The number of hydrogen-bond acceptors (Lipinski definition) is 4. The summed E-state index contributed by atoms with van der Waals surface area (Å²) in [5, 5.41) is 8.10. The predicted molar refractivity (Wildman–Crippen MR) is 91.4 cm³/mol. The number of unbranched alkanes of at least 4 members (excludes halogenated alkanes) is 5. The van der Waals surface area contributed by atoms with E-state index in [9.17, 15) is 9.59 Å². The molecule has 1 aromatic heterocycles. The van der Waals surface area contributed by atoms with Crippen molar-refractivity contribution in [1.82, 2.24) is 24.6 Å². The van der Waals surface area contributed by atoms with E-state index in [0.29, 0.717) is 37.7 Å². The molecule has 0 saturated heterocycles. The van der Waals surface area contributed by atoms with E-state index in [2.05, 4.69) is 17.1 Å². The van der Waals surface area contributed by atoms with Gasteiger partial charge in [-0.25, -0.2) is 0 Å². The third-order valence-electron chi connectivity index (χ3n) is 4.57. The van der Waals surface area contributed by atoms with Crippen LogP contribution in [0, 0.1) is 0 Å². The highest BCUT2D eigenvalue weighted by atomic mass is 16.2. The van der Waals surface area contributed by atoms with Gasteiger partial charge in [0.15, 0.2) is 5.82 Å². The Morgan fingerprint density at radius 1 is 1.12 bits per heavy atom. The molecule has 2 amide bonds. The first kappa shape index (κ1) is 18.4. The van der Waals surface area contributed by atoms with E-state index >= 15 is 0 Å². The molecule has 134 valence electrons. The van der Waals surface area contributed by atoms with E-state index in [4.69, 9.17) is 0 Å². The third-order valence-corrected chi connectivity index (χ3v) is 4.57. The van der Waals surface area contributed by atoms with Gasteiger partial charge < -0.3 is 14.4 Å². The lowest BCUT2D eigenvalue weighted by molar-refractivity contribution is -0.130. The Kier molecular flexibility index (Phi) is 6.75. The molecule has 24 heavy (non-hydrogen) atoms. The average molecular weight is 335 g/mol. The molecule has 1 aliphatic heterocycles. The second-order valence-corrected chi connectivity index (χ2v) is 6.59. The zero-order chi connectivity index (χ0) is 17.5. The maximum Gasteiger partial charge on any atom is 0.291 e. The van der Waals surface area contributed by atoms with Crippen LogP contribution in [0.4, 0.5) is 0 Å². The van der Waals surface area contributed by atoms with Gasteiger partial charge in [-0.15, -0.1) is 10.2 Å². The molecule has 0 aromatic carbocycles. The van der Waals surface area contributed by atoms with E-state index in [1.807, 2.05) is 4.57 Å². The quantitative estimate of drug-likeness (QED) is 0.648. The summed E-state index contributed by atoms with van der Waals surface area (Å²) >= 11 is 0. The molecular formula is C17H29N5O2. The first-order valence-corrected chi connectivity index (χ1v) is 8.96. The number of hydrogen-bond donors (Lipinski definition) is 0. The van der Waals surface area contributed by atoms with Gasteiger partial charge in [-0.1, -0.05) is 39.0 Å². The highest BCUT2D eigenvalue weighted by molar-refractivity contribution is 5.91. The molecule has 0 aliphatic carbocycles. The molecule has 0 fully saturated rings. The van der Waals surface area contributed by atoms with Gasteiger partial charge in [0.25, 0.3) is 5.91 Å². The fraction of sp³-hybridized carbons (Fsp3) is 0.765. The molecule has 0 spiro atoms. The topological polar surface area (TPSA) is 71.3 Å². The summed E-state index contributed by atoms with van der Waals surface area (Å²) in [5.74, 6) is 1.07.